The Kier molecular flexibility index (Phi) is 9.37. The molecule has 6 nitrogen and oxygen atoms in total. The predicted octanol–water partition coefficient (Wildman–Crippen LogP) is 6.37. The van der Waals surface area contributed by atoms with Crippen molar-refractivity contribution in [2.45, 2.75) is 69.9 Å². The van der Waals surface area contributed by atoms with E-state index < -0.39 is 0 Å². The van der Waals surface area contributed by atoms with Crippen LogP contribution in [0, 0.1) is 11.8 Å². The van der Waals surface area contributed by atoms with Crippen molar-refractivity contribution in [2.75, 3.05) is 39.8 Å². The zero-order valence-corrected chi connectivity index (χ0v) is 24.8. The molecular formula is C33H44ClN3O3. The Morgan fingerprint density at radius 2 is 1.75 bits per heavy atom. The zero-order chi connectivity index (χ0) is 28.1. The molecule has 2 amide bonds. The van der Waals surface area contributed by atoms with Crippen molar-refractivity contribution in [3.8, 4) is 0 Å². The maximum atomic E-state index is 13.2. The number of hydrogen-bond donors (Lipinski definition) is 0. The van der Waals surface area contributed by atoms with Crippen molar-refractivity contribution < 1.29 is 14.3 Å². The second kappa shape index (κ2) is 12.9. The van der Waals surface area contributed by atoms with Crippen LogP contribution >= 0.6 is 11.6 Å². The van der Waals surface area contributed by atoms with Crippen LogP contribution in [0.3, 0.4) is 0 Å². The number of likely N-dealkylation sites (N-methyl/N-ethyl adjacent to an activating group) is 1. The number of piperidine rings is 1. The van der Waals surface area contributed by atoms with E-state index in [1.54, 1.807) is 0 Å². The highest BCUT2D eigenvalue weighted by molar-refractivity contribution is 6.30. The molecule has 1 aliphatic heterocycles. The fraction of sp³-hybridized carbons (Fsp3) is 0.576. The number of carbonyl (C=O) groups excluding carboxylic acids is 2. The summed E-state index contributed by atoms with van der Waals surface area (Å²) in [6, 6.07) is 18.3. The van der Waals surface area contributed by atoms with Gasteiger partial charge >= 0.3 is 6.09 Å². The molecule has 5 rings (SSSR count). The number of hydrogen-bond acceptors (Lipinski definition) is 4. The van der Waals surface area contributed by atoms with E-state index in [9.17, 15) is 9.59 Å². The second-order valence-corrected chi connectivity index (χ2v) is 12.5. The summed E-state index contributed by atoms with van der Waals surface area (Å²) in [5.74, 6) is 0.988. The van der Waals surface area contributed by atoms with Gasteiger partial charge in [-0.15, -0.1) is 0 Å². The summed E-state index contributed by atoms with van der Waals surface area (Å²) >= 11 is 6.43. The fourth-order valence-electron chi connectivity index (χ4n) is 7.11. The van der Waals surface area contributed by atoms with Gasteiger partial charge in [-0.3, -0.25) is 4.79 Å². The molecule has 0 spiro atoms. The highest BCUT2D eigenvalue weighted by Gasteiger charge is 2.56. The Morgan fingerprint density at radius 3 is 2.42 bits per heavy atom. The summed E-state index contributed by atoms with van der Waals surface area (Å²) in [4.78, 5) is 32.5. The van der Waals surface area contributed by atoms with E-state index in [4.69, 9.17) is 16.3 Å². The molecule has 0 N–H and O–H groups in total. The van der Waals surface area contributed by atoms with E-state index in [2.05, 4.69) is 17.0 Å². The summed E-state index contributed by atoms with van der Waals surface area (Å²) in [6.07, 6.45) is 7.15. The van der Waals surface area contributed by atoms with Crippen molar-refractivity contribution in [2.24, 2.45) is 11.8 Å². The van der Waals surface area contributed by atoms with E-state index in [-0.39, 0.29) is 23.5 Å². The van der Waals surface area contributed by atoms with Crippen molar-refractivity contribution in [3.05, 3.63) is 70.7 Å². The number of rotatable bonds is 10. The third kappa shape index (κ3) is 6.66. The first kappa shape index (κ1) is 28.9. The van der Waals surface area contributed by atoms with E-state index >= 15 is 0 Å². The molecular weight excluding hydrogens is 522 g/mol. The van der Waals surface area contributed by atoms with Crippen LogP contribution in [-0.2, 0) is 21.6 Å². The fourth-order valence-corrected chi connectivity index (χ4v) is 7.30. The van der Waals surface area contributed by atoms with Gasteiger partial charge in [-0.2, -0.15) is 0 Å². The molecule has 1 saturated heterocycles. The van der Waals surface area contributed by atoms with Gasteiger partial charge in [-0.05, 0) is 68.2 Å². The molecule has 0 aromatic heterocycles. The molecule has 1 heterocycles. The van der Waals surface area contributed by atoms with E-state index in [1.807, 2.05) is 66.2 Å². The van der Waals surface area contributed by atoms with Gasteiger partial charge in [-0.1, -0.05) is 66.9 Å². The van der Waals surface area contributed by atoms with Gasteiger partial charge in [-0.25, -0.2) is 4.79 Å². The molecule has 2 aliphatic carbocycles. The first-order chi connectivity index (χ1) is 19.4. The van der Waals surface area contributed by atoms with Gasteiger partial charge in [0, 0.05) is 62.2 Å². The van der Waals surface area contributed by atoms with Crippen molar-refractivity contribution in [1.82, 2.24) is 14.7 Å². The second-order valence-electron chi connectivity index (χ2n) is 12.1. The maximum absolute atomic E-state index is 13.2. The normalized spacial score (nSPS) is 23.6. The molecule has 7 heteroatoms. The molecule has 2 aromatic rings. The monoisotopic (exact) mass is 565 g/mol. The molecule has 3 aliphatic rings. The summed E-state index contributed by atoms with van der Waals surface area (Å²) in [7, 11) is 1.99. The van der Waals surface area contributed by atoms with Gasteiger partial charge in [0.05, 0.1) is 0 Å². The molecule has 0 radical (unpaired) electrons. The molecule has 0 unspecified atom stereocenters. The number of benzene rings is 2. The van der Waals surface area contributed by atoms with Crippen LogP contribution in [0.15, 0.2) is 54.6 Å². The average molecular weight is 566 g/mol. The van der Waals surface area contributed by atoms with E-state index in [0.717, 1.165) is 68.9 Å². The van der Waals surface area contributed by atoms with Gasteiger partial charge in [0.25, 0.3) is 0 Å². The first-order valence-corrected chi connectivity index (χ1v) is 15.5. The summed E-state index contributed by atoms with van der Waals surface area (Å²) in [6.45, 7) is 6.68. The Balaban J connectivity index is 1.17. The molecule has 3 fully saturated rings. The third-order valence-electron chi connectivity index (χ3n) is 9.49. The summed E-state index contributed by atoms with van der Waals surface area (Å²) in [5.41, 5.74) is 2.22. The van der Waals surface area contributed by atoms with Gasteiger partial charge < -0.3 is 19.4 Å². The van der Waals surface area contributed by atoms with Crippen molar-refractivity contribution >= 4 is 23.6 Å². The van der Waals surface area contributed by atoms with Gasteiger partial charge in [0.15, 0.2) is 0 Å². The van der Waals surface area contributed by atoms with Crippen LogP contribution in [0.1, 0.15) is 63.0 Å². The Labute approximate surface area is 244 Å². The summed E-state index contributed by atoms with van der Waals surface area (Å²) < 4.78 is 5.65. The SMILES string of the molecule is CCN(C(=O)OCc1ccccc1)C1CCN(C[C@@H]2C[C@@]2(CN(C)C(=O)C2CCCC2)c2cccc(Cl)c2)CC1. The Bertz CT molecular complexity index is 1150. The number of halogens is 1. The minimum atomic E-state index is -0.220. The van der Waals surface area contributed by atoms with Crippen molar-refractivity contribution in [1.29, 1.82) is 0 Å². The predicted molar refractivity (Wildman–Crippen MR) is 159 cm³/mol. The lowest BCUT2D eigenvalue weighted by Crippen LogP contribution is -2.48. The van der Waals surface area contributed by atoms with Gasteiger partial charge in [0.2, 0.25) is 5.91 Å². The molecule has 40 heavy (non-hydrogen) atoms. The molecule has 2 saturated carbocycles. The van der Waals surface area contributed by atoms with Crippen LogP contribution in [-0.4, -0.2) is 72.5 Å². The number of nitrogens with zero attached hydrogens (tertiary/aromatic N) is 3. The van der Waals surface area contributed by atoms with Crippen LogP contribution in [0.25, 0.3) is 0 Å². The van der Waals surface area contributed by atoms with E-state index in [1.165, 1.54) is 18.4 Å². The lowest BCUT2D eigenvalue weighted by atomic mass is 9.91. The molecule has 2 atom stereocenters. The molecule has 2 aromatic carbocycles. The number of likely N-dealkylation sites (tertiary alicyclic amines) is 1. The highest BCUT2D eigenvalue weighted by Crippen LogP contribution is 2.55. The number of amides is 2. The Hall–Kier alpha value is -2.57. The highest BCUT2D eigenvalue weighted by atomic mass is 35.5. The maximum Gasteiger partial charge on any atom is 0.410 e. The topological polar surface area (TPSA) is 53.1 Å². The lowest BCUT2D eigenvalue weighted by molar-refractivity contribution is -0.134. The van der Waals surface area contributed by atoms with Crippen molar-refractivity contribution in [3.63, 3.8) is 0 Å². The smallest absolute Gasteiger partial charge is 0.410 e. The minimum absolute atomic E-state index is 0.0402. The zero-order valence-electron chi connectivity index (χ0n) is 24.1. The average Bonchev–Trinajstić information content (AvgIpc) is 3.37. The third-order valence-corrected chi connectivity index (χ3v) is 9.72. The lowest BCUT2D eigenvalue weighted by Gasteiger charge is -2.38. The van der Waals surface area contributed by atoms with Crippen LogP contribution < -0.4 is 0 Å². The number of ether oxygens (including phenoxy) is 1. The van der Waals surface area contributed by atoms with Crippen LogP contribution in [0.4, 0.5) is 4.79 Å². The molecule has 0 bridgehead atoms. The van der Waals surface area contributed by atoms with Gasteiger partial charge in [0.1, 0.15) is 6.61 Å². The summed E-state index contributed by atoms with van der Waals surface area (Å²) in [5, 5.41) is 0.756. The largest absolute Gasteiger partial charge is 0.445 e. The number of carbonyl (C=O) groups is 2. The van der Waals surface area contributed by atoms with Crippen LogP contribution in [0.5, 0.6) is 0 Å². The molecule has 216 valence electrons. The van der Waals surface area contributed by atoms with E-state index in [0.29, 0.717) is 25.0 Å². The minimum Gasteiger partial charge on any atom is -0.445 e. The quantitative estimate of drug-likeness (QED) is 0.336. The standard InChI is InChI=1S/C33H44ClN3O3/c1-3-37(32(39)40-23-25-10-5-4-6-11-25)30-16-18-36(19-17-30)22-28-21-33(28,27-14-9-15-29(34)20-27)24-35(2)31(38)26-12-7-8-13-26/h4-6,9-11,14-15,20,26,28,30H,3,7-8,12-13,16-19,21-24H2,1-2H3/t28-,33+/m0/s1. The Morgan fingerprint density at radius 1 is 1.02 bits per heavy atom. The van der Waals surface area contributed by atoms with Crippen LogP contribution in [0.2, 0.25) is 5.02 Å². The first-order valence-electron chi connectivity index (χ1n) is 15.1.